The lowest BCUT2D eigenvalue weighted by molar-refractivity contribution is -0.135. The Morgan fingerprint density at radius 2 is 2.00 bits per heavy atom. The van der Waals surface area contributed by atoms with Gasteiger partial charge in [-0.25, -0.2) is 0 Å². The zero-order chi connectivity index (χ0) is 17.9. The van der Waals surface area contributed by atoms with Gasteiger partial charge in [-0.3, -0.25) is 9.59 Å². The molecule has 0 atom stereocenters. The van der Waals surface area contributed by atoms with E-state index in [1.807, 2.05) is 13.8 Å². The number of nitrogens with one attached hydrogen (secondary N) is 1. The Hall–Kier alpha value is -1.30. The molecule has 1 aromatic carbocycles. The van der Waals surface area contributed by atoms with E-state index in [2.05, 4.69) is 5.32 Å². The van der Waals surface area contributed by atoms with Crippen molar-refractivity contribution < 1.29 is 14.3 Å². The maximum absolute atomic E-state index is 12.2. The van der Waals surface area contributed by atoms with E-state index < -0.39 is 0 Å². The number of carbonyl (C=O) groups is 2. The van der Waals surface area contributed by atoms with Gasteiger partial charge in [0.25, 0.3) is 0 Å². The number of halogens is 2. The highest BCUT2D eigenvalue weighted by atomic mass is 35.5. The number of amides is 2. The Balaban J connectivity index is 2.58. The largest absolute Gasteiger partial charge is 0.382 e. The number of rotatable bonds is 10. The number of carbonyl (C=O) groups excluding carboxylic acids is 2. The van der Waals surface area contributed by atoms with Gasteiger partial charge in [-0.15, -0.1) is 0 Å². The molecule has 1 aromatic rings. The van der Waals surface area contributed by atoms with Crippen LogP contribution >= 0.6 is 23.2 Å². The highest BCUT2D eigenvalue weighted by Gasteiger charge is 2.17. The Kier molecular flexibility index (Phi) is 9.76. The van der Waals surface area contributed by atoms with Crippen LogP contribution in [0.1, 0.15) is 33.1 Å². The number of anilines is 1. The van der Waals surface area contributed by atoms with Crippen LogP contribution in [0.3, 0.4) is 0 Å². The quantitative estimate of drug-likeness (QED) is 0.629. The highest BCUT2D eigenvalue weighted by molar-refractivity contribution is 6.35. The smallest absolute Gasteiger partial charge is 0.244 e. The minimum absolute atomic E-state index is 0.00977. The topological polar surface area (TPSA) is 58.6 Å². The molecule has 2 amide bonds. The molecule has 134 valence electrons. The van der Waals surface area contributed by atoms with Crippen molar-refractivity contribution in [2.45, 2.75) is 33.1 Å². The lowest BCUT2D eigenvalue weighted by atomic mass is 10.2. The van der Waals surface area contributed by atoms with Crippen LogP contribution < -0.4 is 5.32 Å². The lowest BCUT2D eigenvalue weighted by Crippen LogP contribution is -2.38. The molecule has 0 heterocycles. The van der Waals surface area contributed by atoms with Crippen molar-refractivity contribution in [3.63, 3.8) is 0 Å². The van der Waals surface area contributed by atoms with Gasteiger partial charge in [-0.1, -0.05) is 30.1 Å². The molecule has 0 bridgehead atoms. The van der Waals surface area contributed by atoms with Gasteiger partial charge in [-0.2, -0.15) is 0 Å². The first-order valence-electron chi connectivity index (χ1n) is 8.08. The predicted molar refractivity (Wildman–Crippen MR) is 97.7 cm³/mol. The summed E-state index contributed by atoms with van der Waals surface area (Å²) in [5.41, 5.74) is 0.439. The van der Waals surface area contributed by atoms with Crippen LogP contribution in [0.15, 0.2) is 18.2 Å². The second kappa shape index (κ2) is 11.3. The molecular weight excluding hydrogens is 351 g/mol. The molecule has 0 aromatic heterocycles. The van der Waals surface area contributed by atoms with Gasteiger partial charge in [-0.05, 0) is 38.0 Å². The standard InChI is InChI=1S/C17H24Cl2N2O3/c1-3-9-21(17(23)6-5-10-24-4-2)12-16(22)20-15-11-13(18)7-8-14(15)19/h7-8,11H,3-6,9-10,12H2,1-2H3,(H,20,22). The summed E-state index contributed by atoms with van der Waals surface area (Å²) in [6, 6.07) is 4.84. The molecule has 0 fully saturated rings. The molecule has 0 aliphatic heterocycles. The number of nitrogens with zero attached hydrogens (tertiary/aromatic N) is 1. The molecule has 1 rings (SSSR count). The van der Waals surface area contributed by atoms with Crippen molar-refractivity contribution in [2.24, 2.45) is 0 Å². The van der Waals surface area contributed by atoms with Crippen molar-refractivity contribution in [3.8, 4) is 0 Å². The molecule has 24 heavy (non-hydrogen) atoms. The second-order valence-electron chi connectivity index (χ2n) is 5.29. The third-order valence-corrected chi connectivity index (χ3v) is 3.83. The van der Waals surface area contributed by atoms with Gasteiger partial charge >= 0.3 is 0 Å². The van der Waals surface area contributed by atoms with E-state index in [1.54, 1.807) is 23.1 Å². The van der Waals surface area contributed by atoms with Gasteiger partial charge in [0.15, 0.2) is 0 Å². The van der Waals surface area contributed by atoms with Crippen LogP contribution in [0.5, 0.6) is 0 Å². The Bertz CT molecular complexity index is 553. The van der Waals surface area contributed by atoms with E-state index in [9.17, 15) is 9.59 Å². The fraction of sp³-hybridized carbons (Fsp3) is 0.529. The van der Waals surface area contributed by atoms with E-state index in [1.165, 1.54) is 0 Å². The van der Waals surface area contributed by atoms with Gasteiger partial charge < -0.3 is 15.0 Å². The lowest BCUT2D eigenvalue weighted by Gasteiger charge is -2.22. The van der Waals surface area contributed by atoms with E-state index in [-0.39, 0.29) is 18.4 Å². The number of hydrogen-bond donors (Lipinski definition) is 1. The minimum atomic E-state index is -0.300. The van der Waals surface area contributed by atoms with Crippen molar-refractivity contribution >= 4 is 40.7 Å². The molecule has 1 N–H and O–H groups in total. The van der Waals surface area contributed by atoms with Crippen molar-refractivity contribution in [1.29, 1.82) is 0 Å². The molecule has 5 nitrogen and oxygen atoms in total. The van der Waals surface area contributed by atoms with Crippen LogP contribution in [0.4, 0.5) is 5.69 Å². The minimum Gasteiger partial charge on any atom is -0.382 e. The summed E-state index contributed by atoms with van der Waals surface area (Å²) in [6.45, 7) is 5.58. The SMILES string of the molecule is CCCN(CC(=O)Nc1cc(Cl)ccc1Cl)C(=O)CCCOCC. The molecule has 0 aliphatic rings. The zero-order valence-corrected chi connectivity index (χ0v) is 15.6. The Morgan fingerprint density at radius 1 is 1.25 bits per heavy atom. The summed E-state index contributed by atoms with van der Waals surface area (Å²) in [5, 5.41) is 3.58. The van der Waals surface area contributed by atoms with Crippen LogP contribution in [0, 0.1) is 0 Å². The normalized spacial score (nSPS) is 10.5. The monoisotopic (exact) mass is 374 g/mol. The molecule has 0 spiro atoms. The summed E-state index contributed by atoms with van der Waals surface area (Å²) in [7, 11) is 0. The first-order valence-corrected chi connectivity index (χ1v) is 8.83. The van der Waals surface area contributed by atoms with Gasteiger partial charge in [0.05, 0.1) is 17.3 Å². The van der Waals surface area contributed by atoms with Crippen LogP contribution in [0.25, 0.3) is 0 Å². The fourth-order valence-corrected chi connectivity index (χ4v) is 2.48. The first kappa shape index (κ1) is 20.7. The van der Waals surface area contributed by atoms with Gasteiger partial charge in [0.2, 0.25) is 11.8 Å². The average Bonchev–Trinajstić information content (AvgIpc) is 2.54. The molecule has 0 saturated heterocycles. The van der Waals surface area contributed by atoms with Gasteiger partial charge in [0, 0.05) is 31.2 Å². The van der Waals surface area contributed by atoms with Crippen molar-refractivity contribution in [3.05, 3.63) is 28.2 Å². The third-order valence-electron chi connectivity index (χ3n) is 3.27. The molecule has 7 heteroatoms. The summed E-state index contributed by atoms with van der Waals surface area (Å²) in [6.07, 6.45) is 1.79. The Labute approximate surface area is 153 Å². The average molecular weight is 375 g/mol. The second-order valence-corrected chi connectivity index (χ2v) is 6.13. The first-order chi connectivity index (χ1) is 11.5. The summed E-state index contributed by atoms with van der Waals surface area (Å²) in [5.74, 6) is -0.352. The number of hydrogen-bond acceptors (Lipinski definition) is 3. The number of benzene rings is 1. The van der Waals surface area contributed by atoms with E-state index in [4.69, 9.17) is 27.9 Å². The van der Waals surface area contributed by atoms with Crippen molar-refractivity contribution in [2.75, 3.05) is 31.6 Å². The molecule has 0 saturated carbocycles. The summed E-state index contributed by atoms with van der Waals surface area (Å²) in [4.78, 5) is 26.0. The Morgan fingerprint density at radius 3 is 2.67 bits per heavy atom. The van der Waals surface area contributed by atoms with E-state index in [0.717, 1.165) is 6.42 Å². The highest BCUT2D eigenvalue weighted by Crippen LogP contribution is 2.25. The van der Waals surface area contributed by atoms with Crippen molar-refractivity contribution in [1.82, 2.24) is 4.90 Å². The van der Waals surface area contributed by atoms with Crippen LogP contribution in [0.2, 0.25) is 10.0 Å². The summed E-state index contributed by atoms with van der Waals surface area (Å²) < 4.78 is 5.23. The molecule has 0 unspecified atom stereocenters. The molecule has 0 radical (unpaired) electrons. The molecule has 0 aliphatic carbocycles. The zero-order valence-electron chi connectivity index (χ0n) is 14.1. The number of ether oxygens (including phenoxy) is 1. The van der Waals surface area contributed by atoms with E-state index >= 15 is 0 Å². The van der Waals surface area contributed by atoms with Crippen LogP contribution in [-0.2, 0) is 14.3 Å². The third kappa shape index (κ3) is 7.51. The molecular formula is C17H24Cl2N2O3. The fourth-order valence-electron chi connectivity index (χ4n) is 2.15. The maximum atomic E-state index is 12.2. The maximum Gasteiger partial charge on any atom is 0.244 e. The van der Waals surface area contributed by atoms with Crippen LogP contribution in [-0.4, -0.2) is 43.0 Å². The summed E-state index contributed by atoms with van der Waals surface area (Å²) >= 11 is 11.9. The van der Waals surface area contributed by atoms with E-state index in [0.29, 0.717) is 48.3 Å². The van der Waals surface area contributed by atoms with Gasteiger partial charge in [0.1, 0.15) is 0 Å². The predicted octanol–water partition coefficient (Wildman–Crippen LogP) is 3.99.